The van der Waals surface area contributed by atoms with Gasteiger partial charge in [-0.2, -0.15) is 0 Å². The van der Waals surface area contributed by atoms with Crippen molar-refractivity contribution in [3.63, 3.8) is 0 Å². The Kier molecular flexibility index (Phi) is 4.54. The van der Waals surface area contributed by atoms with Crippen LogP contribution in [-0.4, -0.2) is 15.9 Å². The van der Waals surface area contributed by atoms with Gasteiger partial charge < -0.3 is 5.32 Å². The van der Waals surface area contributed by atoms with E-state index in [1.807, 2.05) is 19.2 Å². The molecule has 0 aliphatic rings. The van der Waals surface area contributed by atoms with Crippen LogP contribution in [0.5, 0.6) is 0 Å². The van der Waals surface area contributed by atoms with Gasteiger partial charge in [0, 0.05) is 15.8 Å². The summed E-state index contributed by atoms with van der Waals surface area (Å²) in [6.45, 7) is 5.93. The number of aromatic nitrogens is 2. The Morgan fingerprint density at radius 1 is 1.13 bits per heavy atom. The van der Waals surface area contributed by atoms with Gasteiger partial charge >= 0.3 is 0 Å². The van der Waals surface area contributed by atoms with E-state index < -0.39 is 0 Å². The third-order valence-corrected chi connectivity index (χ3v) is 5.16. The van der Waals surface area contributed by atoms with Gasteiger partial charge in [0.05, 0.1) is 22.8 Å². The number of thiazole rings is 2. The van der Waals surface area contributed by atoms with Gasteiger partial charge in [-0.15, -0.1) is 22.7 Å². The highest BCUT2D eigenvalue weighted by Gasteiger charge is 2.15. The fraction of sp³-hybridized carbons (Fsp3) is 0.235. The Morgan fingerprint density at radius 3 is 2.52 bits per heavy atom. The zero-order chi connectivity index (χ0) is 16.4. The lowest BCUT2D eigenvalue weighted by atomic mass is 10.1. The van der Waals surface area contributed by atoms with Crippen LogP contribution in [0, 0.1) is 20.8 Å². The van der Waals surface area contributed by atoms with Crippen LogP contribution in [0.4, 0.5) is 5.13 Å². The molecule has 0 aliphatic carbocycles. The molecule has 2 heterocycles. The van der Waals surface area contributed by atoms with Crippen molar-refractivity contribution in [2.24, 2.45) is 0 Å². The van der Waals surface area contributed by atoms with Gasteiger partial charge in [-0.05, 0) is 20.8 Å². The number of carbonyl (C=O) groups is 1. The Balaban J connectivity index is 1.80. The minimum atomic E-state index is -0.0589. The van der Waals surface area contributed by atoms with Crippen LogP contribution in [0.1, 0.15) is 21.1 Å². The maximum atomic E-state index is 12.3. The van der Waals surface area contributed by atoms with Gasteiger partial charge in [0.2, 0.25) is 5.91 Å². The molecule has 1 amide bonds. The van der Waals surface area contributed by atoms with Crippen LogP contribution in [0.25, 0.3) is 11.3 Å². The lowest BCUT2D eigenvalue weighted by molar-refractivity contribution is -0.115. The topological polar surface area (TPSA) is 54.9 Å². The number of hydrogen-bond acceptors (Lipinski definition) is 5. The zero-order valence-electron chi connectivity index (χ0n) is 13.2. The van der Waals surface area contributed by atoms with Crippen molar-refractivity contribution < 1.29 is 4.79 Å². The third-order valence-electron chi connectivity index (χ3n) is 3.32. The van der Waals surface area contributed by atoms with E-state index >= 15 is 0 Å². The lowest BCUT2D eigenvalue weighted by Crippen LogP contribution is -2.14. The minimum Gasteiger partial charge on any atom is -0.302 e. The first kappa shape index (κ1) is 15.8. The van der Waals surface area contributed by atoms with Gasteiger partial charge in [-0.25, -0.2) is 9.97 Å². The monoisotopic (exact) mass is 343 g/mol. The standard InChI is InChI=1S/C17H17N3OS2/c1-10-4-6-13(7-5-10)16-14(23-12(3)19-16)8-15(21)20-17-18-11(2)9-22-17/h4-7,9H,8H2,1-3H3,(H,18,20,21). The molecule has 0 spiro atoms. The molecule has 6 heteroatoms. The summed E-state index contributed by atoms with van der Waals surface area (Å²) in [7, 11) is 0. The first-order valence-corrected chi connectivity index (χ1v) is 8.96. The molecular weight excluding hydrogens is 326 g/mol. The third kappa shape index (κ3) is 3.83. The molecule has 0 unspecified atom stereocenters. The second-order valence-electron chi connectivity index (χ2n) is 5.39. The van der Waals surface area contributed by atoms with Gasteiger partial charge in [0.15, 0.2) is 5.13 Å². The molecule has 0 radical (unpaired) electrons. The van der Waals surface area contributed by atoms with E-state index in [-0.39, 0.29) is 5.91 Å². The summed E-state index contributed by atoms with van der Waals surface area (Å²) >= 11 is 3.01. The predicted molar refractivity (Wildman–Crippen MR) is 96.2 cm³/mol. The number of aryl methyl sites for hydroxylation is 3. The molecule has 0 saturated carbocycles. The van der Waals surface area contributed by atoms with E-state index in [1.165, 1.54) is 16.9 Å². The quantitative estimate of drug-likeness (QED) is 0.765. The van der Waals surface area contributed by atoms with Crippen LogP contribution in [0.3, 0.4) is 0 Å². The van der Waals surface area contributed by atoms with E-state index in [0.717, 1.165) is 26.8 Å². The number of anilines is 1. The first-order valence-electron chi connectivity index (χ1n) is 7.26. The van der Waals surface area contributed by atoms with Crippen LogP contribution in [0.2, 0.25) is 0 Å². The molecule has 3 aromatic rings. The number of nitrogens with zero attached hydrogens (tertiary/aromatic N) is 2. The summed E-state index contributed by atoms with van der Waals surface area (Å²) < 4.78 is 0. The molecule has 1 N–H and O–H groups in total. The number of rotatable bonds is 4. The van der Waals surface area contributed by atoms with Gasteiger partial charge in [-0.1, -0.05) is 29.8 Å². The average molecular weight is 343 g/mol. The second-order valence-corrected chi connectivity index (χ2v) is 7.54. The summed E-state index contributed by atoms with van der Waals surface area (Å²) in [4.78, 5) is 22.1. The lowest BCUT2D eigenvalue weighted by Gasteiger charge is -2.04. The molecule has 23 heavy (non-hydrogen) atoms. The van der Waals surface area contributed by atoms with E-state index in [2.05, 4.69) is 46.5 Å². The van der Waals surface area contributed by atoms with Crippen LogP contribution >= 0.6 is 22.7 Å². The minimum absolute atomic E-state index is 0.0589. The molecule has 0 saturated heterocycles. The van der Waals surface area contributed by atoms with Crippen molar-refractivity contribution in [1.29, 1.82) is 0 Å². The Hall–Kier alpha value is -2.05. The average Bonchev–Trinajstić information content (AvgIpc) is 3.06. The summed E-state index contributed by atoms with van der Waals surface area (Å²) in [6, 6.07) is 8.23. The summed E-state index contributed by atoms with van der Waals surface area (Å²) in [5.74, 6) is -0.0589. The second kappa shape index (κ2) is 6.60. The van der Waals surface area contributed by atoms with Gasteiger partial charge in [0.1, 0.15) is 0 Å². The highest BCUT2D eigenvalue weighted by molar-refractivity contribution is 7.14. The fourth-order valence-electron chi connectivity index (χ4n) is 2.25. The van der Waals surface area contributed by atoms with Crippen LogP contribution in [0.15, 0.2) is 29.6 Å². The first-order chi connectivity index (χ1) is 11.0. The highest BCUT2D eigenvalue weighted by Crippen LogP contribution is 2.29. The maximum absolute atomic E-state index is 12.3. The fourth-order valence-corrected chi connectivity index (χ4v) is 3.91. The summed E-state index contributed by atoms with van der Waals surface area (Å²) in [6.07, 6.45) is 0.313. The van der Waals surface area contributed by atoms with Crippen molar-refractivity contribution in [3.8, 4) is 11.3 Å². The Bertz CT molecular complexity index is 834. The van der Waals surface area contributed by atoms with Crippen molar-refractivity contribution in [2.75, 3.05) is 5.32 Å². The zero-order valence-corrected chi connectivity index (χ0v) is 14.8. The van der Waals surface area contributed by atoms with Crippen molar-refractivity contribution in [1.82, 2.24) is 9.97 Å². The molecule has 4 nitrogen and oxygen atoms in total. The van der Waals surface area contributed by atoms with Gasteiger partial charge in [0.25, 0.3) is 0 Å². The smallest absolute Gasteiger partial charge is 0.231 e. The number of nitrogens with one attached hydrogen (secondary N) is 1. The van der Waals surface area contributed by atoms with E-state index in [0.29, 0.717) is 11.6 Å². The van der Waals surface area contributed by atoms with Crippen molar-refractivity contribution >= 4 is 33.7 Å². The van der Waals surface area contributed by atoms with Gasteiger partial charge in [-0.3, -0.25) is 4.79 Å². The highest BCUT2D eigenvalue weighted by atomic mass is 32.1. The number of hydrogen-bond donors (Lipinski definition) is 1. The molecule has 1 aromatic carbocycles. The SMILES string of the molecule is Cc1ccc(-c2nc(C)sc2CC(=O)Nc2nc(C)cs2)cc1. The molecular formula is C17H17N3OS2. The molecule has 2 aromatic heterocycles. The predicted octanol–water partition coefficient (Wildman–Crippen LogP) is 4.37. The molecule has 0 fully saturated rings. The van der Waals surface area contributed by atoms with E-state index in [1.54, 1.807) is 11.3 Å². The summed E-state index contributed by atoms with van der Waals surface area (Å²) in [5, 5.41) is 6.39. The molecule has 118 valence electrons. The largest absolute Gasteiger partial charge is 0.302 e. The van der Waals surface area contributed by atoms with E-state index in [4.69, 9.17) is 0 Å². The van der Waals surface area contributed by atoms with Crippen LogP contribution in [-0.2, 0) is 11.2 Å². The normalized spacial score (nSPS) is 10.7. The Morgan fingerprint density at radius 2 is 1.87 bits per heavy atom. The number of benzene rings is 1. The summed E-state index contributed by atoms with van der Waals surface area (Å²) in [5.41, 5.74) is 4.07. The van der Waals surface area contributed by atoms with E-state index in [9.17, 15) is 4.79 Å². The molecule has 0 bridgehead atoms. The number of carbonyl (C=O) groups excluding carboxylic acids is 1. The molecule has 0 atom stereocenters. The van der Waals surface area contributed by atoms with Crippen molar-refractivity contribution in [3.05, 3.63) is 50.8 Å². The Labute approximate surface area is 143 Å². The number of amides is 1. The molecule has 0 aliphatic heterocycles. The molecule has 3 rings (SSSR count). The van der Waals surface area contributed by atoms with Crippen molar-refractivity contribution in [2.45, 2.75) is 27.2 Å². The van der Waals surface area contributed by atoms with Crippen LogP contribution < -0.4 is 5.32 Å². The maximum Gasteiger partial charge on any atom is 0.231 e.